The fourth-order valence-corrected chi connectivity index (χ4v) is 4.30. The van der Waals surface area contributed by atoms with Gasteiger partial charge in [-0.25, -0.2) is 0 Å². The van der Waals surface area contributed by atoms with Crippen molar-refractivity contribution < 1.29 is 4.79 Å². The number of pyridine rings is 1. The molecule has 0 unspecified atom stereocenters. The number of aromatic nitrogens is 1. The molecule has 0 atom stereocenters. The van der Waals surface area contributed by atoms with Crippen LogP contribution in [0.3, 0.4) is 0 Å². The summed E-state index contributed by atoms with van der Waals surface area (Å²) < 4.78 is 1.64. The van der Waals surface area contributed by atoms with Gasteiger partial charge in [-0.1, -0.05) is 12.8 Å². The van der Waals surface area contributed by atoms with Crippen LogP contribution >= 0.6 is 0 Å². The lowest BCUT2D eigenvalue weighted by Gasteiger charge is -2.23. The SMILES string of the molecule is Cc1cc(-c2cc3c(c(CNC4CCCC4)c2)NC(=O)CC3)cn(C)c1=O. The third-order valence-electron chi connectivity index (χ3n) is 5.82. The fourth-order valence-electron chi connectivity index (χ4n) is 4.30. The molecule has 5 nitrogen and oxygen atoms in total. The molecule has 1 aromatic heterocycles. The van der Waals surface area contributed by atoms with E-state index in [1.165, 1.54) is 31.2 Å². The molecule has 2 aliphatic rings. The number of nitrogens with one attached hydrogen (secondary N) is 2. The summed E-state index contributed by atoms with van der Waals surface area (Å²) >= 11 is 0. The summed E-state index contributed by atoms with van der Waals surface area (Å²) in [4.78, 5) is 24.0. The Morgan fingerprint density at radius 2 is 1.89 bits per heavy atom. The van der Waals surface area contributed by atoms with E-state index in [9.17, 15) is 9.59 Å². The maximum absolute atomic E-state index is 12.0. The molecule has 27 heavy (non-hydrogen) atoms. The van der Waals surface area contributed by atoms with Crippen molar-refractivity contribution in [2.45, 2.75) is 58.0 Å². The molecule has 0 spiro atoms. The Hall–Kier alpha value is -2.40. The number of hydrogen-bond donors (Lipinski definition) is 2. The van der Waals surface area contributed by atoms with Gasteiger partial charge in [-0.05, 0) is 66.6 Å². The first-order valence-corrected chi connectivity index (χ1v) is 9.88. The second-order valence-corrected chi connectivity index (χ2v) is 7.91. The Kier molecular flexibility index (Phi) is 4.87. The molecular formula is C22H27N3O2. The van der Waals surface area contributed by atoms with Crippen LogP contribution in [0.15, 0.2) is 29.2 Å². The quantitative estimate of drug-likeness (QED) is 0.874. The van der Waals surface area contributed by atoms with Gasteiger partial charge in [0.15, 0.2) is 0 Å². The minimum atomic E-state index is 0.0343. The van der Waals surface area contributed by atoms with Crippen LogP contribution in [-0.4, -0.2) is 16.5 Å². The molecule has 0 saturated heterocycles. The third-order valence-corrected chi connectivity index (χ3v) is 5.82. The maximum Gasteiger partial charge on any atom is 0.253 e. The molecule has 2 heterocycles. The third kappa shape index (κ3) is 3.69. The Bertz CT molecular complexity index is 913. The van der Waals surface area contributed by atoms with Gasteiger partial charge in [0.1, 0.15) is 0 Å². The molecule has 142 valence electrons. The average molecular weight is 365 g/mol. The zero-order valence-electron chi connectivity index (χ0n) is 16.1. The normalized spacial score (nSPS) is 17.0. The molecule has 2 aromatic rings. The minimum Gasteiger partial charge on any atom is -0.326 e. The van der Waals surface area contributed by atoms with E-state index in [1.807, 2.05) is 19.2 Å². The van der Waals surface area contributed by atoms with E-state index in [1.54, 1.807) is 11.6 Å². The summed E-state index contributed by atoms with van der Waals surface area (Å²) in [5.41, 5.74) is 6.21. The van der Waals surface area contributed by atoms with E-state index in [0.29, 0.717) is 12.5 Å². The van der Waals surface area contributed by atoms with Gasteiger partial charge in [0, 0.05) is 43.5 Å². The molecule has 1 amide bonds. The van der Waals surface area contributed by atoms with Crippen molar-refractivity contribution >= 4 is 11.6 Å². The molecule has 1 saturated carbocycles. The van der Waals surface area contributed by atoms with Crippen molar-refractivity contribution in [3.05, 3.63) is 51.4 Å². The van der Waals surface area contributed by atoms with E-state index >= 15 is 0 Å². The number of anilines is 1. The standard InChI is InChI=1S/C22H27N3O2/c1-14-9-18(13-25(2)22(14)27)16-10-15-7-8-20(26)24-21(15)17(11-16)12-23-19-5-3-4-6-19/h9-11,13,19,23H,3-8,12H2,1-2H3,(H,24,26). The Labute approximate surface area is 159 Å². The molecule has 1 aliphatic carbocycles. The molecular weight excluding hydrogens is 338 g/mol. The number of rotatable bonds is 4. The molecule has 2 N–H and O–H groups in total. The van der Waals surface area contributed by atoms with Crippen molar-refractivity contribution in [3.63, 3.8) is 0 Å². The largest absolute Gasteiger partial charge is 0.326 e. The van der Waals surface area contributed by atoms with Gasteiger partial charge in [0.25, 0.3) is 5.56 Å². The first-order valence-electron chi connectivity index (χ1n) is 9.88. The Morgan fingerprint density at radius 3 is 2.63 bits per heavy atom. The number of aryl methyl sites for hydroxylation is 3. The van der Waals surface area contributed by atoms with Crippen molar-refractivity contribution in [1.82, 2.24) is 9.88 Å². The molecule has 1 fully saturated rings. The average Bonchev–Trinajstić information content (AvgIpc) is 3.17. The topological polar surface area (TPSA) is 63.1 Å². The smallest absolute Gasteiger partial charge is 0.253 e. The second-order valence-electron chi connectivity index (χ2n) is 7.91. The van der Waals surface area contributed by atoms with Crippen LogP contribution < -0.4 is 16.2 Å². The highest BCUT2D eigenvalue weighted by Crippen LogP contribution is 2.33. The van der Waals surface area contributed by atoms with Crippen LogP contribution in [0.2, 0.25) is 0 Å². The molecule has 5 heteroatoms. The number of hydrogen-bond acceptors (Lipinski definition) is 3. The lowest BCUT2D eigenvalue weighted by Crippen LogP contribution is -2.27. The molecule has 0 radical (unpaired) electrons. The van der Waals surface area contributed by atoms with Gasteiger partial charge in [-0.3, -0.25) is 9.59 Å². The van der Waals surface area contributed by atoms with Crippen molar-refractivity contribution in [1.29, 1.82) is 0 Å². The minimum absolute atomic E-state index is 0.0343. The van der Waals surface area contributed by atoms with E-state index in [2.05, 4.69) is 22.8 Å². The predicted molar refractivity (Wildman–Crippen MR) is 108 cm³/mol. The van der Waals surface area contributed by atoms with Crippen molar-refractivity contribution in [2.75, 3.05) is 5.32 Å². The van der Waals surface area contributed by atoms with Gasteiger partial charge >= 0.3 is 0 Å². The predicted octanol–water partition coefficient (Wildman–Crippen LogP) is 3.28. The van der Waals surface area contributed by atoms with Crippen LogP contribution in [0.1, 0.15) is 48.8 Å². The van der Waals surface area contributed by atoms with Crippen molar-refractivity contribution in [2.24, 2.45) is 7.05 Å². The lowest BCUT2D eigenvalue weighted by molar-refractivity contribution is -0.116. The monoisotopic (exact) mass is 365 g/mol. The Morgan fingerprint density at radius 1 is 1.11 bits per heavy atom. The van der Waals surface area contributed by atoms with Crippen molar-refractivity contribution in [3.8, 4) is 11.1 Å². The van der Waals surface area contributed by atoms with E-state index in [4.69, 9.17) is 0 Å². The molecule has 1 aromatic carbocycles. The summed E-state index contributed by atoms with van der Waals surface area (Å²) in [6, 6.07) is 6.85. The molecule has 4 rings (SSSR count). The highest BCUT2D eigenvalue weighted by molar-refractivity contribution is 5.95. The first-order chi connectivity index (χ1) is 13.0. The summed E-state index contributed by atoms with van der Waals surface area (Å²) in [7, 11) is 1.79. The summed E-state index contributed by atoms with van der Waals surface area (Å²) in [6.07, 6.45) is 8.23. The highest BCUT2D eigenvalue weighted by Gasteiger charge is 2.21. The maximum atomic E-state index is 12.0. The van der Waals surface area contributed by atoms with Gasteiger partial charge in [0.2, 0.25) is 5.91 Å². The van der Waals surface area contributed by atoms with E-state index < -0.39 is 0 Å². The van der Waals surface area contributed by atoms with E-state index in [-0.39, 0.29) is 11.5 Å². The number of amides is 1. The number of carbonyl (C=O) groups is 1. The van der Waals surface area contributed by atoms with Crippen LogP contribution in [0.25, 0.3) is 11.1 Å². The number of carbonyl (C=O) groups excluding carboxylic acids is 1. The first kappa shape index (κ1) is 18.0. The summed E-state index contributed by atoms with van der Waals surface area (Å²) in [6.45, 7) is 2.61. The van der Waals surface area contributed by atoms with Gasteiger partial charge < -0.3 is 15.2 Å². The number of nitrogens with zero attached hydrogens (tertiary/aromatic N) is 1. The summed E-state index contributed by atoms with van der Waals surface area (Å²) in [5, 5.41) is 6.75. The van der Waals surface area contributed by atoms with Crippen LogP contribution in [0.4, 0.5) is 5.69 Å². The van der Waals surface area contributed by atoms with Crippen LogP contribution in [0, 0.1) is 6.92 Å². The van der Waals surface area contributed by atoms with E-state index in [0.717, 1.165) is 40.9 Å². The van der Waals surface area contributed by atoms with Gasteiger partial charge in [-0.2, -0.15) is 0 Å². The number of fused-ring (bicyclic) bond motifs is 1. The summed E-state index contributed by atoms with van der Waals surface area (Å²) in [5.74, 6) is 0.0929. The number of benzene rings is 1. The van der Waals surface area contributed by atoms with Crippen LogP contribution in [-0.2, 0) is 24.8 Å². The Balaban J connectivity index is 1.73. The van der Waals surface area contributed by atoms with Crippen LogP contribution in [0.5, 0.6) is 0 Å². The fraction of sp³-hybridized carbons (Fsp3) is 0.455. The lowest BCUT2D eigenvalue weighted by atomic mass is 9.93. The molecule has 1 aliphatic heterocycles. The zero-order chi connectivity index (χ0) is 19.0. The van der Waals surface area contributed by atoms with Gasteiger partial charge in [-0.15, -0.1) is 0 Å². The molecule has 0 bridgehead atoms. The van der Waals surface area contributed by atoms with Gasteiger partial charge in [0.05, 0.1) is 0 Å². The zero-order valence-corrected chi connectivity index (χ0v) is 16.1. The second kappa shape index (κ2) is 7.31. The highest BCUT2D eigenvalue weighted by atomic mass is 16.1.